The van der Waals surface area contributed by atoms with Crippen LogP contribution >= 0.6 is 0 Å². The molecule has 0 spiro atoms. The minimum absolute atomic E-state index is 0.0280. The monoisotopic (exact) mass is 460 g/mol. The molecule has 0 saturated heterocycles. The highest BCUT2D eigenvalue weighted by molar-refractivity contribution is 5.57. The lowest BCUT2D eigenvalue weighted by Crippen LogP contribution is -2.48. The molecule has 180 valence electrons. The van der Waals surface area contributed by atoms with Crippen LogP contribution < -0.4 is 0 Å². The van der Waals surface area contributed by atoms with Crippen molar-refractivity contribution in [1.82, 2.24) is 0 Å². The van der Waals surface area contributed by atoms with Gasteiger partial charge in [-0.05, 0) is 41.0 Å². The predicted octanol–water partition coefficient (Wildman–Crippen LogP) is 9.54. The minimum Gasteiger partial charge on any atom is -0.0810 e. The van der Waals surface area contributed by atoms with Gasteiger partial charge in [-0.2, -0.15) is 0 Å². The smallest absolute Gasteiger partial charge is 0.0547 e. The molecule has 0 saturated carbocycles. The molecule has 0 bridgehead atoms. The van der Waals surface area contributed by atoms with E-state index in [9.17, 15) is 0 Å². The fourth-order valence-electron chi connectivity index (χ4n) is 6.31. The van der Waals surface area contributed by atoms with Gasteiger partial charge in [0.2, 0.25) is 0 Å². The van der Waals surface area contributed by atoms with E-state index in [0.29, 0.717) is 5.92 Å². The van der Waals surface area contributed by atoms with Crippen LogP contribution in [0, 0.1) is 16.7 Å². The van der Waals surface area contributed by atoms with Crippen LogP contribution in [0.2, 0.25) is 0 Å². The molecule has 35 heavy (non-hydrogen) atoms. The van der Waals surface area contributed by atoms with Crippen LogP contribution in [-0.4, -0.2) is 0 Å². The predicted molar refractivity (Wildman–Crippen MR) is 152 cm³/mol. The summed E-state index contributed by atoms with van der Waals surface area (Å²) in [5.41, 5.74) is 4.94. The third kappa shape index (κ3) is 4.47. The van der Waals surface area contributed by atoms with Crippen molar-refractivity contribution in [2.45, 2.75) is 52.9 Å². The van der Waals surface area contributed by atoms with Crippen molar-refractivity contribution in [3.63, 3.8) is 0 Å². The molecule has 0 N–H and O–H groups in total. The summed E-state index contributed by atoms with van der Waals surface area (Å²) in [6.07, 6.45) is 14.1. The first kappa shape index (κ1) is 25.0. The Kier molecular flexibility index (Phi) is 7.31. The van der Waals surface area contributed by atoms with Gasteiger partial charge in [-0.3, -0.25) is 0 Å². The van der Waals surface area contributed by atoms with Gasteiger partial charge in [0.05, 0.1) is 5.41 Å². The van der Waals surface area contributed by atoms with E-state index < -0.39 is 0 Å². The van der Waals surface area contributed by atoms with Crippen LogP contribution in [0.3, 0.4) is 0 Å². The first-order chi connectivity index (χ1) is 16.9. The maximum Gasteiger partial charge on any atom is 0.0547 e. The first-order valence-electron chi connectivity index (χ1n) is 13.2. The quantitative estimate of drug-likeness (QED) is 0.243. The Morgan fingerprint density at radius 3 is 1.49 bits per heavy atom. The zero-order chi connectivity index (χ0) is 24.9. The Morgan fingerprint density at radius 2 is 1.09 bits per heavy atom. The first-order valence-corrected chi connectivity index (χ1v) is 13.2. The van der Waals surface area contributed by atoms with E-state index in [1.54, 1.807) is 0 Å². The lowest BCUT2D eigenvalue weighted by atomic mass is 9.48. The number of rotatable bonds is 7. The summed E-state index contributed by atoms with van der Waals surface area (Å²) in [4.78, 5) is 0. The summed E-state index contributed by atoms with van der Waals surface area (Å²) >= 11 is 0. The van der Waals surface area contributed by atoms with Crippen LogP contribution in [0.25, 0.3) is 0 Å². The molecule has 0 fully saturated rings. The number of benzene rings is 3. The van der Waals surface area contributed by atoms with Gasteiger partial charge in [-0.1, -0.05) is 156 Å². The molecule has 1 unspecified atom stereocenters. The standard InChI is InChI=1S/C35H40/c1-6-34(7-2,32-24-23-28(3)25-26-33(4,5)27-32)35(29-17-11-8-12-18-29,30-19-13-9-14-20-30)31-21-15-10-16-22-31/h8-28H,6-7H2,1-5H3/b24-23-,26-25-,32-27+. The highest BCUT2D eigenvalue weighted by atomic mass is 14.6. The van der Waals surface area contributed by atoms with Gasteiger partial charge in [0.15, 0.2) is 0 Å². The highest BCUT2D eigenvalue weighted by Gasteiger charge is 2.54. The molecule has 0 aromatic heterocycles. The average molecular weight is 461 g/mol. The van der Waals surface area contributed by atoms with Gasteiger partial charge in [0.25, 0.3) is 0 Å². The van der Waals surface area contributed by atoms with E-state index >= 15 is 0 Å². The summed E-state index contributed by atoms with van der Waals surface area (Å²) in [5, 5.41) is 0. The average Bonchev–Trinajstić information content (AvgIpc) is 2.89. The van der Waals surface area contributed by atoms with Crippen LogP contribution in [0.5, 0.6) is 0 Å². The topological polar surface area (TPSA) is 0 Å². The Bertz CT molecular complexity index is 1080. The second kappa shape index (κ2) is 10.2. The van der Waals surface area contributed by atoms with E-state index in [1.165, 1.54) is 22.3 Å². The molecule has 3 aromatic rings. The lowest BCUT2D eigenvalue weighted by molar-refractivity contribution is 0.219. The zero-order valence-electron chi connectivity index (χ0n) is 22.0. The van der Waals surface area contributed by atoms with Crippen molar-refractivity contribution in [1.29, 1.82) is 0 Å². The molecule has 3 aromatic carbocycles. The molecule has 0 heteroatoms. The third-order valence-electron chi connectivity index (χ3n) is 8.03. The van der Waals surface area contributed by atoms with E-state index in [1.807, 2.05) is 0 Å². The molecule has 0 aliphatic heterocycles. The molecule has 4 rings (SSSR count). The Balaban J connectivity index is 2.19. The molecule has 0 heterocycles. The molecule has 0 amide bonds. The van der Waals surface area contributed by atoms with E-state index in [-0.39, 0.29) is 16.2 Å². The summed E-state index contributed by atoms with van der Waals surface area (Å²) in [6, 6.07) is 33.6. The molecule has 1 atom stereocenters. The van der Waals surface area contributed by atoms with Crippen LogP contribution in [0.15, 0.2) is 127 Å². The summed E-state index contributed by atoms with van der Waals surface area (Å²) in [7, 11) is 0. The lowest BCUT2D eigenvalue weighted by Gasteiger charge is -2.53. The second-order valence-electron chi connectivity index (χ2n) is 10.6. The molecule has 1 aliphatic rings. The largest absolute Gasteiger partial charge is 0.0810 e. The van der Waals surface area contributed by atoms with Crippen molar-refractivity contribution in [2.75, 3.05) is 0 Å². The Morgan fingerprint density at radius 1 is 0.657 bits per heavy atom. The molecule has 0 nitrogen and oxygen atoms in total. The fraction of sp³-hybridized carbons (Fsp3) is 0.314. The highest BCUT2D eigenvalue weighted by Crippen LogP contribution is 2.60. The van der Waals surface area contributed by atoms with E-state index in [0.717, 1.165) is 12.8 Å². The minimum atomic E-state index is -0.349. The van der Waals surface area contributed by atoms with Crippen LogP contribution in [-0.2, 0) is 5.41 Å². The molecule has 0 radical (unpaired) electrons. The maximum atomic E-state index is 2.53. The zero-order valence-corrected chi connectivity index (χ0v) is 22.0. The summed E-state index contributed by atoms with van der Waals surface area (Å²) in [6.45, 7) is 11.7. The molecule has 1 aliphatic carbocycles. The van der Waals surface area contributed by atoms with Crippen molar-refractivity contribution in [3.8, 4) is 0 Å². The summed E-state index contributed by atoms with van der Waals surface area (Å²) < 4.78 is 0. The van der Waals surface area contributed by atoms with Gasteiger partial charge in [-0.15, -0.1) is 0 Å². The van der Waals surface area contributed by atoms with Crippen molar-refractivity contribution in [3.05, 3.63) is 144 Å². The van der Waals surface area contributed by atoms with Crippen LogP contribution in [0.1, 0.15) is 64.2 Å². The number of allylic oxidation sites excluding steroid dienone is 6. The van der Waals surface area contributed by atoms with E-state index in [4.69, 9.17) is 0 Å². The molecular formula is C35H40. The Labute approximate surface area is 213 Å². The van der Waals surface area contributed by atoms with Crippen molar-refractivity contribution < 1.29 is 0 Å². The van der Waals surface area contributed by atoms with Crippen molar-refractivity contribution >= 4 is 0 Å². The number of hydrogen-bond donors (Lipinski definition) is 0. The molecular weight excluding hydrogens is 420 g/mol. The second-order valence-corrected chi connectivity index (χ2v) is 10.6. The van der Waals surface area contributed by atoms with Gasteiger partial charge < -0.3 is 0 Å². The van der Waals surface area contributed by atoms with Gasteiger partial charge in [-0.25, -0.2) is 0 Å². The van der Waals surface area contributed by atoms with Crippen LogP contribution in [0.4, 0.5) is 0 Å². The van der Waals surface area contributed by atoms with Crippen molar-refractivity contribution in [2.24, 2.45) is 16.7 Å². The van der Waals surface area contributed by atoms with Gasteiger partial charge in [0.1, 0.15) is 0 Å². The fourth-order valence-corrected chi connectivity index (χ4v) is 6.31. The maximum absolute atomic E-state index is 2.53. The Hall–Kier alpha value is -3.12. The summed E-state index contributed by atoms with van der Waals surface area (Å²) in [5.74, 6) is 0.406. The van der Waals surface area contributed by atoms with E-state index in [2.05, 4.69) is 156 Å². The third-order valence-corrected chi connectivity index (χ3v) is 8.03. The van der Waals surface area contributed by atoms with Gasteiger partial charge in [0, 0.05) is 10.8 Å². The van der Waals surface area contributed by atoms with Gasteiger partial charge >= 0.3 is 0 Å². The number of hydrogen-bond acceptors (Lipinski definition) is 0. The SMILES string of the molecule is CCC(CC)(C1=C/C(C)(C)/C=C\C(C)/C=C\1)C(c1ccccc1)(c1ccccc1)c1ccccc1. The normalized spacial score (nSPS) is 21.3.